The van der Waals surface area contributed by atoms with Crippen molar-refractivity contribution < 1.29 is 23.1 Å². The second kappa shape index (κ2) is 6.88. The predicted octanol–water partition coefficient (Wildman–Crippen LogP) is 2.39. The van der Waals surface area contributed by atoms with Gasteiger partial charge in [-0.3, -0.25) is 0 Å². The van der Waals surface area contributed by atoms with Gasteiger partial charge in [-0.1, -0.05) is 0 Å². The summed E-state index contributed by atoms with van der Waals surface area (Å²) in [6, 6.07) is 2.64. The van der Waals surface area contributed by atoms with E-state index in [9.17, 15) is 18.4 Å². The van der Waals surface area contributed by atoms with Crippen LogP contribution in [0.1, 0.15) is 23.1 Å². The van der Waals surface area contributed by atoms with E-state index in [1.807, 2.05) is 0 Å². The van der Waals surface area contributed by atoms with Crippen molar-refractivity contribution in [2.24, 2.45) is 0 Å². The van der Waals surface area contributed by atoms with Crippen molar-refractivity contribution in [3.05, 3.63) is 47.5 Å². The van der Waals surface area contributed by atoms with E-state index < -0.39 is 23.6 Å². The van der Waals surface area contributed by atoms with Crippen molar-refractivity contribution >= 4 is 17.7 Å². The molecule has 0 aliphatic carbocycles. The van der Waals surface area contributed by atoms with Gasteiger partial charge in [-0.25, -0.2) is 23.4 Å². The van der Waals surface area contributed by atoms with E-state index in [2.05, 4.69) is 10.3 Å². The van der Waals surface area contributed by atoms with Gasteiger partial charge >= 0.3 is 12.0 Å². The average molecular weight is 350 g/mol. The number of benzene rings is 1. The number of hydrogen-bond donors (Lipinski definition) is 1. The highest BCUT2D eigenvalue weighted by Gasteiger charge is 2.27. The molecule has 1 aromatic heterocycles. The number of imidazole rings is 1. The Morgan fingerprint density at radius 2 is 2.08 bits per heavy atom. The van der Waals surface area contributed by atoms with Gasteiger partial charge in [0.05, 0.1) is 25.2 Å². The fourth-order valence-electron chi connectivity index (χ4n) is 2.57. The average Bonchev–Trinajstić information content (AvgIpc) is 3.01. The van der Waals surface area contributed by atoms with Gasteiger partial charge < -0.3 is 19.5 Å². The number of nitrogens with one attached hydrogen (secondary N) is 1. The Morgan fingerprint density at radius 3 is 2.80 bits per heavy atom. The van der Waals surface area contributed by atoms with Crippen LogP contribution in [0.2, 0.25) is 0 Å². The number of carbonyl (C=O) groups excluding carboxylic acids is 2. The van der Waals surface area contributed by atoms with E-state index >= 15 is 0 Å². The number of aromatic nitrogens is 2. The Hall–Kier alpha value is -2.97. The number of fused-ring (bicyclic) bond motifs is 1. The number of urea groups is 1. The molecule has 132 valence electrons. The number of nitrogens with zero attached hydrogens (tertiary/aromatic N) is 3. The van der Waals surface area contributed by atoms with Crippen LogP contribution in [0, 0.1) is 11.6 Å². The van der Waals surface area contributed by atoms with Crippen LogP contribution in [0.5, 0.6) is 0 Å². The molecule has 3 rings (SSSR count). The lowest BCUT2D eigenvalue weighted by molar-refractivity contribution is 0.0516. The van der Waals surface area contributed by atoms with Gasteiger partial charge in [0.15, 0.2) is 17.3 Å². The summed E-state index contributed by atoms with van der Waals surface area (Å²) in [7, 11) is 0. The monoisotopic (exact) mass is 350 g/mol. The molecule has 0 fully saturated rings. The van der Waals surface area contributed by atoms with Crippen LogP contribution in [-0.4, -0.2) is 39.6 Å². The van der Waals surface area contributed by atoms with Crippen molar-refractivity contribution in [1.82, 2.24) is 14.5 Å². The molecule has 0 unspecified atom stereocenters. The second-order valence-electron chi connectivity index (χ2n) is 5.43. The number of esters is 1. The van der Waals surface area contributed by atoms with Crippen LogP contribution in [-0.2, 0) is 17.8 Å². The third-order valence-corrected chi connectivity index (χ3v) is 3.82. The zero-order valence-electron chi connectivity index (χ0n) is 13.5. The zero-order valence-corrected chi connectivity index (χ0v) is 13.5. The molecule has 1 N–H and O–H groups in total. The van der Waals surface area contributed by atoms with Gasteiger partial charge in [0.25, 0.3) is 0 Å². The van der Waals surface area contributed by atoms with Crippen LogP contribution >= 0.6 is 0 Å². The summed E-state index contributed by atoms with van der Waals surface area (Å²) in [6.07, 6.45) is 1.53. The lowest BCUT2D eigenvalue weighted by Crippen LogP contribution is -2.41. The molecule has 0 bridgehead atoms. The van der Waals surface area contributed by atoms with Gasteiger partial charge in [-0.15, -0.1) is 0 Å². The lowest BCUT2D eigenvalue weighted by Gasteiger charge is -2.28. The molecular weight excluding hydrogens is 334 g/mol. The van der Waals surface area contributed by atoms with Crippen molar-refractivity contribution in [1.29, 1.82) is 0 Å². The third kappa shape index (κ3) is 3.44. The fourth-order valence-corrected chi connectivity index (χ4v) is 2.57. The van der Waals surface area contributed by atoms with Crippen molar-refractivity contribution in [3.63, 3.8) is 0 Å². The van der Waals surface area contributed by atoms with Crippen molar-refractivity contribution in [2.75, 3.05) is 18.5 Å². The van der Waals surface area contributed by atoms with Crippen LogP contribution in [0.3, 0.4) is 0 Å². The molecule has 1 aliphatic heterocycles. The first-order valence-electron chi connectivity index (χ1n) is 7.71. The van der Waals surface area contributed by atoms with E-state index in [0.29, 0.717) is 18.8 Å². The first-order chi connectivity index (χ1) is 12.0. The molecule has 9 heteroatoms. The molecule has 0 saturated carbocycles. The van der Waals surface area contributed by atoms with E-state index in [1.165, 1.54) is 17.3 Å². The molecule has 1 aliphatic rings. The van der Waals surface area contributed by atoms with E-state index in [0.717, 1.165) is 12.1 Å². The minimum Gasteiger partial charge on any atom is -0.461 e. The minimum atomic E-state index is -1.04. The number of halogens is 2. The molecule has 0 saturated heterocycles. The van der Waals surface area contributed by atoms with Crippen LogP contribution in [0.4, 0.5) is 19.3 Å². The molecular formula is C16H16F2N4O3. The summed E-state index contributed by atoms with van der Waals surface area (Å²) in [5, 5.41) is 2.51. The summed E-state index contributed by atoms with van der Waals surface area (Å²) >= 11 is 0. The molecule has 2 amide bonds. The first-order valence-corrected chi connectivity index (χ1v) is 7.71. The summed E-state index contributed by atoms with van der Waals surface area (Å²) < 4.78 is 32.9. The second-order valence-corrected chi connectivity index (χ2v) is 5.43. The summed E-state index contributed by atoms with van der Waals surface area (Å²) in [4.78, 5) is 29.8. The van der Waals surface area contributed by atoms with Crippen LogP contribution in [0.25, 0.3) is 0 Å². The first kappa shape index (κ1) is 16.9. The molecule has 25 heavy (non-hydrogen) atoms. The van der Waals surface area contributed by atoms with Gasteiger partial charge in [0, 0.05) is 24.8 Å². The molecule has 0 spiro atoms. The van der Waals surface area contributed by atoms with Gasteiger partial charge in [0.1, 0.15) is 0 Å². The largest absolute Gasteiger partial charge is 0.461 e. The quantitative estimate of drug-likeness (QED) is 0.863. The zero-order chi connectivity index (χ0) is 18.0. The predicted molar refractivity (Wildman–Crippen MR) is 84.0 cm³/mol. The number of amides is 2. The summed E-state index contributed by atoms with van der Waals surface area (Å²) in [5.74, 6) is -2.57. The maximum absolute atomic E-state index is 13.2. The highest BCUT2D eigenvalue weighted by atomic mass is 19.2. The highest BCUT2D eigenvalue weighted by molar-refractivity contribution is 5.91. The number of hydrogen-bond acceptors (Lipinski definition) is 4. The van der Waals surface area contributed by atoms with E-state index in [-0.39, 0.29) is 24.5 Å². The smallest absolute Gasteiger partial charge is 0.358 e. The maximum atomic E-state index is 13.2. The summed E-state index contributed by atoms with van der Waals surface area (Å²) in [6.45, 7) is 2.94. The Labute approximate surface area is 142 Å². The highest BCUT2D eigenvalue weighted by Crippen LogP contribution is 2.19. The molecule has 2 heterocycles. The lowest BCUT2D eigenvalue weighted by atomic mass is 10.2. The Bertz CT molecular complexity index is 822. The Kier molecular flexibility index (Phi) is 4.64. The fraction of sp³-hybridized carbons (Fsp3) is 0.312. The number of ether oxygens (including phenoxy) is 1. The normalized spacial score (nSPS) is 13.3. The standard InChI is InChI=1S/C16H16F2N4O3/c1-2-25-15(23)14-13-8-21(5-6-22(13)9-19-14)16(24)20-10-3-4-11(17)12(18)7-10/h3-4,7,9H,2,5-6,8H2,1H3,(H,20,24). The van der Waals surface area contributed by atoms with Gasteiger partial charge in [-0.2, -0.15) is 0 Å². The van der Waals surface area contributed by atoms with Gasteiger partial charge in [-0.05, 0) is 19.1 Å². The molecule has 0 atom stereocenters. The van der Waals surface area contributed by atoms with E-state index in [4.69, 9.17) is 4.74 Å². The van der Waals surface area contributed by atoms with Crippen LogP contribution in [0.15, 0.2) is 24.5 Å². The minimum absolute atomic E-state index is 0.147. The number of rotatable bonds is 3. The third-order valence-electron chi connectivity index (χ3n) is 3.82. The van der Waals surface area contributed by atoms with Crippen molar-refractivity contribution in [3.8, 4) is 0 Å². The van der Waals surface area contributed by atoms with Crippen molar-refractivity contribution in [2.45, 2.75) is 20.0 Å². The van der Waals surface area contributed by atoms with Crippen LogP contribution < -0.4 is 5.32 Å². The number of carbonyl (C=O) groups is 2. The SMILES string of the molecule is CCOC(=O)c1ncn2c1CN(C(=O)Nc1ccc(F)c(F)c1)CC2. The molecule has 2 aromatic rings. The number of anilines is 1. The molecule has 7 nitrogen and oxygen atoms in total. The Morgan fingerprint density at radius 1 is 1.28 bits per heavy atom. The molecule has 1 aromatic carbocycles. The Balaban J connectivity index is 1.73. The van der Waals surface area contributed by atoms with E-state index in [1.54, 1.807) is 11.5 Å². The maximum Gasteiger partial charge on any atom is 0.358 e. The van der Waals surface area contributed by atoms with Gasteiger partial charge in [0.2, 0.25) is 0 Å². The summed E-state index contributed by atoms with van der Waals surface area (Å²) in [5.41, 5.74) is 0.894. The molecule has 0 radical (unpaired) electrons. The topological polar surface area (TPSA) is 76.5 Å².